The topological polar surface area (TPSA) is 235 Å². The summed E-state index contributed by atoms with van der Waals surface area (Å²) in [6, 6.07) is 24.3. The maximum Gasteiger partial charge on any atom is 0.333 e. The highest BCUT2D eigenvalue weighted by molar-refractivity contribution is 7.90. The first-order valence-electron chi connectivity index (χ1n) is 25.3. The molecule has 0 fully saturated rings. The molecular weight excluding hydrogens is 977 g/mol. The fraction of sp³-hybridized carbons (Fsp3) is 0.321. The molecule has 2 unspecified atom stereocenters. The Bertz CT molecular complexity index is 3130. The van der Waals surface area contributed by atoms with Gasteiger partial charge in [0.05, 0.1) is 22.6 Å². The van der Waals surface area contributed by atoms with Crippen molar-refractivity contribution in [3.05, 3.63) is 176 Å². The number of urea groups is 2. The van der Waals surface area contributed by atoms with Gasteiger partial charge < -0.3 is 21.3 Å². The summed E-state index contributed by atoms with van der Waals surface area (Å²) < 4.78 is 58.5. The number of aromatic nitrogens is 2. The van der Waals surface area contributed by atoms with Gasteiger partial charge in [-0.1, -0.05) is 42.5 Å². The van der Waals surface area contributed by atoms with Crippen LogP contribution in [0.3, 0.4) is 0 Å². The minimum atomic E-state index is -4.22. The van der Waals surface area contributed by atoms with Crippen LogP contribution in [0.15, 0.2) is 119 Å². The number of hydrogen-bond acceptors (Lipinski definition) is 10. The maximum absolute atomic E-state index is 13.7. The molecule has 0 radical (unpaired) electrons. The Labute approximate surface area is 431 Å². The summed E-state index contributed by atoms with van der Waals surface area (Å²) in [5.74, 6) is 0.142. The molecule has 382 valence electrons. The Morgan fingerprint density at radius 3 is 1.46 bits per heavy atom. The van der Waals surface area contributed by atoms with E-state index in [1.54, 1.807) is 67.1 Å². The smallest absolute Gasteiger partial charge is 0.333 e. The highest BCUT2D eigenvalue weighted by atomic mass is 32.2. The van der Waals surface area contributed by atoms with Gasteiger partial charge in [-0.25, -0.2) is 35.9 Å². The molecule has 4 aromatic carbocycles. The van der Waals surface area contributed by atoms with Gasteiger partial charge in [0.15, 0.2) is 0 Å². The molecule has 2 atom stereocenters. The van der Waals surface area contributed by atoms with Crippen molar-refractivity contribution in [1.82, 2.24) is 30.0 Å². The predicted molar refractivity (Wildman–Crippen MR) is 280 cm³/mol. The number of nitrogens with zero attached hydrogens (tertiary/aromatic N) is 2. The van der Waals surface area contributed by atoms with Gasteiger partial charge in [-0.15, -0.1) is 0 Å². The summed E-state index contributed by atoms with van der Waals surface area (Å²) >= 11 is 0. The van der Waals surface area contributed by atoms with E-state index in [2.05, 4.69) is 52.8 Å². The molecule has 2 heterocycles. The second-order valence-electron chi connectivity index (χ2n) is 19.7. The lowest BCUT2D eigenvalue weighted by Crippen LogP contribution is -2.35. The number of rotatable bonds is 17. The van der Waals surface area contributed by atoms with Crippen LogP contribution in [-0.4, -0.2) is 63.8 Å². The number of benzene rings is 4. The number of anilines is 2. The van der Waals surface area contributed by atoms with Crippen LogP contribution in [-0.2, 0) is 107 Å². The molecule has 74 heavy (non-hydrogen) atoms. The molecule has 10 rings (SSSR count). The number of carbonyl (C=O) groups excluding carboxylic acids is 4. The van der Waals surface area contributed by atoms with Crippen LogP contribution >= 0.6 is 0 Å². The molecule has 16 nitrogen and oxygen atoms in total. The quantitative estimate of drug-likeness (QED) is 0.0588. The molecule has 0 bridgehead atoms. The fourth-order valence-corrected chi connectivity index (χ4v) is 13.0. The van der Waals surface area contributed by atoms with Crippen LogP contribution in [0, 0.1) is 11.8 Å². The van der Waals surface area contributed by atoms with E-state index in [1.165, 1.54) is 35.4 Å². The molecule has 18 heteroatoms. The van der Waals surface area contributed by atoms with Crippen molar-refractivity contribution in [3.63, 3.8) is 0 Å². The number of nitrogens with one attached hydrogen (secondary N) is 6. The van der Waals surface area contributed by atoms with E-state index in [-0.39, 0.29) is 46.3 Å². The summed E-state index contributed by atoms with van der Waals surface area (Å²) in [4.78, 5) is 60.1. The summed E-state index contributed by atoms with van der Waals surface area (Å²) in [5, 5.41) is 11.7. The lowest BCUT2D eigenvalue weighted by atomic mass is 9.87. The zero-order valence-corrected chi connectivity index (χ0v) is 42.5. The van der Waals surface area contributed by atoms with Crippen LogP contribution in [0.1, 0.15) is 79.7 Å². The van der Waals surface area contributed by atoms with Crippen LogP contribution in [0.25, 0.3) is 0 Å². The minimum absolute atomic E-state index is 0.0548. The molecule has 0 saturated heterocycles. The normalized spacial score (nSPS) is 16.3. The van der Waals surface area contributed by atoms with Gasteiger partial charge in [0, 0.05) is 48.7 Å². The molecule has 4 aliphatic carbocycles. The Morgan fingerprint density at radius 1 is 0.500 bits per heavy atom. The summed E-state index contributed by atoms with van der Waals surface area (Å²) in [6.07, 6.45) is 14.4. The van der Waals surface area contributed by atoms with Crippen molar-refractivity contribution < 1.29 is 36.0 Å². The number of carbonyl (C=O) groups is 4. The van der Waals surface area contributed by atoms with Gasteiger partial charge in [-0.3, -0.25) is 19.6 Å². The van der Waals surface area contributed by atoms with Crippen molar-refractivity contribution in [2.45, 2.75) is 99.7 Å². The average Bonchev–Trinajstić information content (AvgIpc) is 4.22. The average molecular weight is 1040 g/mol. The fourth-order valence-electron chi connectivity index (χ4n) is 11.2. The van der Waals surface area contributed by atoms with Crippen molar-refractivity contribution in [2.24, 2.45) is 11.8 Å². The zero-order valence-electron chi connectivity index (χ0n) is 40.8. The van der Waals surface area contributed by atoms with Crippen LogP contribution in [0.5, 0.6) is 0 Å². The van der Waals surface area contributed by atoms with Gasteiger partial charge in [0.25, 0.3) is 20.0 Å². The van der Waals surface area contributed by atoms with E-state index in [9.17, 15) is 36.0 Å². The van der Waals surface area contributed by atoms with Crippen molar-refractivity contribution in [2.75, 3.05) is 23.7 Å². The monoisotopic (exact) mass is 1030 g/mol. The highest BCUT2D eigenvalue weighted by Crippen LogP contribution is 2.47. The van der Waals surface area contributed by atoms with Crippen LogP contribution in [0.4, 0.5) is 21.0 Å². The lowest BCUT2D eigenvalue weighted by Gasteiger charge is -2.19. The molecule has 0 spiro atoms. The second-order valence-corrected chi connectivity index (χ2v) is 23.1. The molecular formula is C56H58N8O8S2. The van der Waals surface area contributed by atoms with Gasteiger partial charge in [-0.05, 0) is 199 Å². The summed E-state index contributed by atoms with van der Waals surface area (Å²) in [6.45, 7) is 0.745. The van der Waals surface area contributed by atoms with Crippen molar-refractivity contribution in [1.29, 1.82) is 0 Å². The minimum Gasteiger partial charge on any atom is -0.355 e. The Hall–Kier alpha value is -7.44. The number of sulfonamides is 2. The third-order valence-electron chi connectivity index (χ3n) is 14.8. The molecule has 6 N–H and O–H groups in total. The Morgan fingerprint density at radius 2 is 0.986 bits per heavy atom. The number of amides is 6. The van der Waals surface area contributed by atoms with Crippen LogP contribution < -0.4 is 30.7 Å². The highest BCUT2D eigenvalue weighted by Gasteiger charge is 2.38. The van der Waals surface area contributed by atoms with E-state index < -0.39 is 32.1 Å². The second kappa shape index (κ2) is 21.6. The first-order valence-corrected chi connectivity index (χ1v) is 28.2. The van der Waals surface area contributed by atoms with Gasteiger partial charge in [0.1, 0.15) is 0 Å². The summed E-state index contributed by atoms with van der Waals surface area (Å²) in [5.41, 5.74) is 13.3. The number of aryl methyl sites for hydroxylation is 2. The Balaban J connectivity index is 0.753. The van der Waals surface area contributed by atoms with Gasteiger partial charge in [-0.2, -0.15) is 0 Å². The number of fused-ring (bicyclic) bond motifs is 4. The first-order chi connectivity index (χ1) is 35.7. The molecule has 6 amide bonds. The van der Waals surface area contributed by atoms with Gasteiger partial charge in [0.2, 0.25) is 11.8 Å². The van der Waals surface area contributed by atoms with E-state index >= 15 is 0 Å². The SMILES string of the molecule is O=C(Cc1ccncc1)NCCc1ccc(S(=O)(=O)NC(=O)Nc2c3c(cc4c2CC(C2Cc5cc6c(c(NC(=O)NS(=O)(=O)c7ccc(CCNC(=O)Cc8ccccn8)cc7)c5C2)CCC6)C4)CCC3)cc1. The first kappa shape index (κ1) is 50.1. The number of pyridine rings is 2. The van der Waals surface area contributed by atoms with Crippen molar-refractivity contribution in [3.8, 4) is 0 Å². The molecule has 2 aromatic heterocycles. The summed E-state index contributed by atoms with van der Waals surface area (Å²) in [7, 11) is -8.44. The largest absolute Gasteiger partial charge is 0.355 e. The molecule has 4 aliphatic rings. The molecule has 6 aromatic rings. The van der Waals surface area contributed by atoms with Gasteiger partial charge >= 0.3 is 12.1 Å². The van der Waals surface area contributed by atoms with E-state index in [0.717, 1.165) is 101 Å². The van der Waals surface area contributed by atoms with Crippen molar-refractivity contribution >= 4 is 55.3 Å². The Kier molecular flexibility index (Phi) is 14.6. The molecule has 0 aliphatic heterocycles. The third kappa shape index (κ3) is 11.5. The van der Waals surface area contributed by atoms with Crippen LogP contribution in [0.2, 0.25) is 0 Å². The zero-order chi connectivity index (χ0) is 51.4. The van der Waals surface area contributed by atoms with E-state index in [1.807, 2.05) is 6.07 Å². The van der Waals surface area contributed by atoms with E-state index in [4.69, 9.17) is 0 Å². The standard InChI is InChI=1S/C56H58N8O8S2/c65-51(27-37-18-23-57-24-19-37)59-25-20-35-10-14-45(15-11-35)73(69,70)63-55(67)61-53-47-8-3-5-38(47)28-42-30-40(32-49(42)53)41-31-43-29-39-6-4-9-48(39)54(50(43)33-41)62-56(68)64-74(71,72)46-16-12-36(13-17-46)21-26-60-52(66)34-44-7-1-2-22-58-44/h1-2,7,10-19,22-24,28-29,40-41H,3-6,8-9,20-21,25-27,30-34H2,(H,59,65)(H,60,66)(H2,61,63,67)(H2,62,64,68). The third-order valence-corrected chi connectivity index (χ3v) is 17.5. The lowest BCUT2D eigenvalue weighted by molar-refractivity contribution is -0.121. The predicted octanol–water partition coefficient (Wildman–Crippen LogP) is 6.41. The maximum atomic E-state index is 13.7. The number of hydrogen-bond donors (Lipinski definition) is 6. The molecule has 0 saturated carbocycles. The van der Waals surface area contributed by atoms with E-state index in [0.29, 0.717) is 55.8 Å².